The summed E-state index contributed by atoms with van der Waals surface area (Å²) in [5.74, 6) is 0. The molecule has 0 saturated carbocycles. The minimum Gasteiger partial charge on any atom is -0.278 e. The minimum atomic E-state index is -4.02. The normalized spacial score (nSPS) is 12.0. The maximum atomic E-state index is 12.9. The van der Waals surface area contributed by atoms with Crippen LogP contribution in [0, 0.1) is 0 Å². The predicted octanol–water partition coefficient (Wildman–Crippen LogP) is 4.63. The fraction of sp³-hybridized carbons (Fsp3) is 0. The Morgan fingerprint density at radius 1 is 0.733 bits per heavy atom. The largest absolute Gasteiger partial charge is 0.278 e. The number of rotatable bonds is 5. The van der Waals surface area contributed by atoms with Crippen molar-refractivity contribution in [1.82, 2.24) is 4.98 Å². The van der Waals surface area contributed by atoms with Crippen LogP contribution in [-0.2, 0) is 19.9 Å². The molecule has 9 heteroatoms. The molecule has 0 radical (unpaired) electrons. The lowest BCUT2D eigenvalue weighted by molar-refractivity contribution is 0.595. The highest BCUT2D eigenvalue weighted by Gasteiger charge is 2.21. The molecule has 0 unspecified atom stereocenters. The van der Waals surface area contributed by atoms with E-state index in [0.29, 0.717) is 0 Å². The summed E-state index contributed by atoms with van der Waals surface area (Å²) >= 11 is 3.27. The van der Waals surface area contributed by atoms with Crippen LogP contribution in [0.25, 0.3) is 10.9 Å². The molecule has 30 heavy (non-hydrogen) atoms. The van der Waals surface area contributed by atoms with Gasteiger partial charge in [0.1, 0.15) is 0 Å². The van der Waals surface area contributed by atoms with Gasteiger partial charge < -0.3 is 0 Å². The first-order valence-corrected chi connectivity index (χ1v) is 12.5. The lowest BCUT2D eigenvalue weighted by Crippen LogP contribution is -2.14. The zero-order chi connectivity index (χ0) is 21.4. The smallest absolute Gasteiger partial charge is 0.261 e. The second kappa shape index (κ2) is 7.82. The first-order chi connectivity index (χ1) is 14.3. The molecule has 6 nitrogen and oxygen atoms in total. The van der Waals surface area contributed by atoms with Crippen LogP contribution in [0.3, 0.4) is 0 Å². The number of anilines is 1. The van der Waals surface area contributed by atoms with Crippen molar-refractivity contribution in [3.63, 3.8) is 0 Å². The third-order valence-corrected chi connectivity index (χ3v) is 8.07. The van der Waals surface area contributed by atoms with Gasteiger partial charge in [-0.2, -0.15) is 0 Å². The van der Waals surface area contributed by atoms with Crippen molar-refractivity contribution in [3.8, 4) is 0 Å². The molecule has 0 aliphatic rings. The topological polar surface area (TPSA) is 93.2 Å². The van der Waals surface area contributed by atoms with Crippen molar-refractivity contribution >= 4 is 52.4 Å². The van der Waals surface area contributed by atoms with E-state index in [0.717, 1.165) is 21.4 Å². The molecule has 1 heterocycles. The fourth-order valence-electron chi connectivity index (χ4n) is 2.90. The summed E-state index contributed by atoms with van der Waals surface area (Å²) in [6.07, 6.45) is 1.42. The van der Waals surface area contributed by atoms with E-state index < -0.39 is 19.9 Å². The number of sulfone groups is 1. The van der Waals surface area contributed by atoms with Crippen LogP contribution in [0.15, 0.2) is 104 Å². The fourth-order valence-corrected chi connectivity index (χ4v) is 5.62. The monoisotopic (exact) mass is 502 g/mol. The molecule has 0 aliphatic carbocycles. The van der Waals surface area contributed by atoms with Gasteiger partial charge in [0.15, 0.2) is 0 Å². The van der Waals surface area contributed by atoms with E-state index in [1.165, 1.54) is 36.5 Å². The maximum absolute atomic E-state index is 12.9. The zero-order valence-electron chi connectivity index (χ0n) is 15.4. The molecule has 152 valence electrons. The third kappa shape index (κ3) is 4.09. The lowest BCUT2D eigenvalue weighted by atomic mass is 10.2. The molecule has 0 fully saturated rings. The number of aromatic nitrogens is 1. The summed E-state index contributed by atoms with van der Waals surface area (Å²) in [6, 6.07) is 20.4. The number of nitrogens with one attached hydrogen (secondary N) is 1. The Labute approximate surface area is 182 Å². The number of nitrogens with zero attached hydrogens (tertiary/aromatic N) is 1. The molecule has 0 amide bonds. The van der Waals surface area contributed by atoms with E-state index in [1.54, 1.807) is 18.2 Å². The van der Waals surface area contributed by atoms with Crippen LogP contribution in [0.1, 0.15) is 0 Å². The number of fused-ring (bicyclic) bond motifs is 1. The van der Waals surface area contributed by atoms with Crippen LogP contribution in [-0.4, -0.2) is 21.8 Å². The van der Waals surface area contributed by atoms with Crippen molar-refractivity contribution in [2.75, 3.05) is 4.72 Å². The Bertz CT molecular complexity index is 1450. The summed E-state index contributed by atoms with van der Waals surface area (Å²) in [7, 11) is -7.88. The van der Waals surface area contributed by atoms with Gasteiger partial charge in [-0.05, 0) is 54.6 Å². The molecule has 0 bridgehead atoms. The molecule has 0 spiro atoms. The minimum absolute atomic E-state index is 0.0759. The van der Waals surface area contributed by atoms with Gasteiger partial charge in [0, 0.05) is 9.86 Å². The Morgan fingerprint density at radius 2 is 1.43 bits per heavy atom. The van der Waals surface area contributed by atoms with E-state index in [1.807, 2.05) is 24.3 Å². The van der Waals surface area contributed by atoms with E-state index in [2.05, 4.69) is 25.6 Å². The summed E-state index contributed by atoms with van der Waals surface area (Å²) in [6.45, 7) is 0. The molecule has 1 aromatic heterocycles. The van der Waals surface area contributed by atoms with E-state index >= 15 is 0 Å². The number of para-hydroxylation sites is 1. The Hall–Kier alpha value is -2.75. The van der Waals surface area contributed by atoms with Gasteiger partial charge in [0.25, 0.3) is 10.0 Å². The number of pyridine rings is 1. The van der Waals surface area contributed by atoms with Gasteiger partial charge in [0.05, 0.1) is 32.1 Å². The first-order valence-electron chi connectivity index (χ1n) is 8.74. The van der Waals surface area contributed by atoms with E-state index in [9.17, 15) is 16.8 Å². The summed E-state index contributed by atoms with van der Waals surface area (Å²) in [4.78, 5) is 4.05. The number of hydrogen-bond donors (Lipinski definition) is 1. The molecule has 1 N–H and O–H groups in total. The second-order valence-electron chi connectivity index (χ2n) is 6.45. The molecular weight excluding hydrogens is 488 g/mol. The zero-order valence-corrected chi connectivity index (χ0v) is 18.6. The third-order valence-electron chi connectivity index (χ3n) is 4.39. The summed E-state index contributed by atoms with van der Waals surface area (Å²) < 4.78 is 54.7. The van der Waals surface area contributed by atoms with Crippen LogP contribution in [0.5, 0.6) is 0 Å². The SMILES string of the molecule is O=S(=O)(Nc1cnc2ccccc2c1)c1cccc(S(=O)(=O)c2ccc(Br)cc2)c1. The first kappa shape index (κ1) is 20.5. The molecule has 0 saturated heterocycles. The van der Waals surface area contributed by atoms with Crippen molar-refractivity contribution in [2.24, 2.45) is 0 Å². The highest BCUT2D eigenvalue weighted by molar-refractivity contribution is 9.10. The van der Waals surface area contributed by atoms with Crippen LogP contribution < -0.4 is 4.72 Å². The van der Waals surface area contributed by atoms with E-state index in [4.69, 9.17) is 0 Å². The number of sulfonamides is 1. The Kier molecular flexibility index (Phi) is 5.35. The molecular formula is C21H15BrN2O4S2. The molecule has 4 aromatic rings. The number of hydrogen-bond acceptors (Lipinski definition) is 5. The lowest BCUT2D eigenvalue weighted by Gasteiger charge is -2.10. The molecule has 0 atom stereocenters. The van der Waals surface area contributed by atoms with Crippen molar-refractivity contribution in [2.45, 2.75) is 14.7 Å². The molecule has 4 rings (SSSR count). The Morgan fingerprint density at radius 3 is 2.20 bits per heavy atom. The van der Waals surface area contributed by atoms with Crippen molar-refractivity contribution in [1.29, 1.82) is 0 Å². The van der Waals surface area contributed by atoms with Crippen LogP contribution in [0.4, 0.5) is 5.69 Å². The van der Waals surface area contributed by atoms with Crippen molar-refractivity contribution < 1.29 is 16.8 Å². The van der Waals surface area contributed by atoms with Gasteiger partial charge in [-0.1, -0.05) is 40.2 Å². The standard InChI is InChI=1S/C21H15BrN2O4S2/c22-16-8-10-18(11-9-16)29(25,26)19-5-3-6-20(13-19)30(27,28)24-17-12-15-4-1-2-7-21(15)23-14-17/h1-14,24H. The second-order valence-corrected chi connectivity index (χ2v) is 11.0. The summed E-state index contributed by atoms with van der Waals surface area (Å²) in [5, 5.41) is 0.782. The average Bonchev–Trinajstić information content (AvgIpc) is 2.74. The van der Waals surface area contributed by atoms with E-state index in [-0.39, 0.29) is 20.4 Å². The highest BCUT2D eigenvalue weighted by Crippen LogP contribution is 2.26. The van der Waals surface area contributed by atoms with Crippen LogP contribution in [0.2, 0.25) is 0 Å². The predicted molar refractivity (Wildman–Crippen MR) is 119 cm³/mol. The van der Waals surface area contributed by atoms with Crippen LogP contribution >= 0.6 is 15.9 Å². The quantitative estimate of drug-likeness (QED) is 0.429. The van der Waals surface area contributed by atoms with Crippen molar-refractivity contribution in [3.05, 3.63) is 89.5 Å². The van der Waals surface area contributed by atoms with Gasteiger partial charge in [-0.25, -0.2) is 16.8 Å². The number of benzene rings is 3. The Balaban J connectivity index is 1.68. The highest BCUT2D eigenvalue weighted by atomic mass is 79.9. The van der Waals surface area contributed by atoms with Gasteiger partial charge >= 0.3 is 0 Å². The maximum Gasteiger partial charge on any atom is 0.261 e. The number of halogens is 1. The average molecular weight is 503 g/mol. The molecule has 0 aliphatic heterocycles. The molecule has 3 aromatic carbocycles. The van der Waals surface area contributed by atoms with Gasteiger partial charge in [-0.3, -0.25) is 9.71 Å². The summed E-state index contributed by atoms with van der Waals surface area (Å²) in [5.41, 5.74) is 1.03. The van der Waals surface area contributed by atoms with Gasteiger partial charge in [-0.15, -0.1) is 0 Å². The van der Waals surface area contributed by atoms with Gasteiger partial charge in [0.2, 0.25) is 9.84 Å².